The number of hydrogen-bond acceptors (Lipinski definition) is 10. The summed E-state index contributed by atoms with van der Waals surface area (Å²) in [4.78, 5) is 0. The summed E-state index contributed by atoms with van der Waals surface area (Å²) in [6, 6.07) is 0. The summed E-state index contributed by atoms with van der Waals surface area (Å²) in [5, 5.41) is 42.1. The zero-order valence-corrected chi connectivity index (χ0v) is 20.5. The third-order valence-corrected chi connectivity index (χ3v) is 8.99. The Morgan fingerprint density at radius 3 is 2.24 bits per heavy atom. The van der Waals surface area contributed by atoms with Crippen LogP contribution in [0.4, 0.5) is 0 Å². The van der Waals surface area contributed by atoms with E-state index in [9.17, 15) is 20.4 Å². The fourth-order valence-corrected chi connectivity index (χ4v) is 6.75. The molecule has 5 fully saturated rings. The van der Waals surface area contributed by atoms with Crippen LogP contribution in [-0.2, 0) is 28.4 Å². The third-order valence-electron chi connectivity index (χ3n) is 8.99. The van der Waals surface area contributed by atoms with Gasteiger partial charge in [-0.2, -0.15) is 0 Å². The quantitative estimate of drug-likeness (QED) is 0.409. The lowest BCUT2D eigenvalue weighted by atomic mass is 9.69. The second-order valence-corrected chi connectivity index (χ2v) is 11.9. The number of fused-ring (bicyclic) bond motifs is 2. The Bertz CT molecular complexity index is 745. The molecule has 5 aliphatic rings. The van der Waals surface area contributed by atoms with Crippen molar-refractivity contribution in [3.63, 3.8) is 0 Å². The van der Waals surface area contributed by atoms with Crippen LogP contribution >= 0.6 is 0 Å². The van der Waals surface area contributed by atoms with E-state index in [1.807, 2.05) is 0 Å². The molecule has 3 heterocycles. The van der Waals surface area contributed by atoms with Gasteiger partial charge in [0.1, 0.15) is 36.1 Å². The van der Waals surface area contributed by atoms with Gasteiger partial charge in [0.15, 0.2) is 18.4 Å². The van der Waals surface area contributed by atoms with Gasteiger partial charge in [-0.25, -0.2) is 0 Å². The lowest BCUT2D eigenvalue weighted by Gasteiger charge is -2.43. The molecule has 2 bridgehead atoms. The maximum absolute atomic E-state index is 10.7. The summed E-state index contributed by atoms with van der Waals surface area (Å²) in [6.45, 7) is 8.60. The van der Waals surface area contributed by atoms with Crippen molar-refractivity contribution in [2.24, 2.45) is 23.2 Å². The minimum atomic E-state index is -1.45. The van der Waals surface area contributed by atoms with Crippen molar-refractivity contribution in [1.29, 1.82) is 0 Å². The molecule has 5 rings (SSSR count). The van der Waals surface area contributed by atoms with Gasteiger partial charge >= 0.3 is 0 Å². The van der Waals surface area contributed by atoms with Gasteiger partial charge in [0.2, 0.25) is 0 Å². The van der Waals surface area contributed by atoms with Gasteiger partial charge < -0.3 is 48.8 Å². The average Bonchev–Trinajstić information content (AvgIpc) is 3.51. The lowest BCUT2D eigenvalue weighted by Crippen LogP contribution is -2.60. The molecule has 0 radical (unpaired) electrons. The zero-order valence-electron chi connectivity index (χ0n) is 20.5. The van der Waals surface area contributed by atoms with Gasteiger partial charge in [-0.3, -0.25) is 0 Å². The summed E-state index contributed by atoms with van der Waals surface area (Å²) < 4.78 is 34.6. The summed E-state index contributed by atoms with van der Waals surface area (Å²) in [7, 11) is 0. The lowest BCUT2D eigenvalue weighted by molar-refractivity contribution is -0.313. The average molecular weight is 489 g/mol. The first-order valence-electron chi connectivity index (χ1n) is 12.5. The monoisotopic (exact) mass is 488 g/mol. The molecule has 0 aromatic rings. The molecule has 0 amide bonds. The van der Waals surface area contributed by atoms with E-state index in [0.29, 0.717) is 24.4 Å². The normalized spacial score (nSPS) is 51.5. The Kier molecular flexibility index (Phi) is 6.59. The fraction of sp³-hybridized carbons (Fsp3) is 1.00. The Labute approximate surface area is 200 Å². The summed E-state index contributed by atoms with van der Waals surface area (Å²) in [5.41, 5.74) is -0.856. The summed E-state index contributed by atoms with van der Waals surface area (Å²) >= 11 is 0. The van der Waals surface area contributed by atoms with E-state index in [2.05, 4.69) is 13.8 Å². The predicted octanol–water partition coefficient (Wildman–Crippen LogP) is 0.138. The maximum Gasteiger partial charge on any atom is 0.186 e. The molecule has 0 aromatic heterocycles. The predicted molar refractivity (Wildman–Crippen MR) is 116 cm³/mol. The molecule has 0 unspecified atom stereocenters. The van der Waals surface area contributed by atoms with E-state index in [4.69, 9.17) is 28.4 Å². The molecular formula is C24H40O10. The number of rotatable bonds is 6. The number of aliphatic hydroxyl groups excluding tert-OH is 4. The van der Waals surface area contributed by atoms with E-state index in [-0.39, 0.29) is 25.2 Å². The molecule has 3 saturated heterocycles. The molecule has 10 heteroatoms. The first-order chi connectivity index (χ1) is 15.9. The van der Waals surface area contributed by atoms with Gasteiger partial charge in [0.05, 0.1) is 26.4 Å². The summed E-state index contributed by atoms with van der Waals surface area (Å²) in [6.07, 6.45) is -4.71. The van der Waals surface area contributed by atoms with Gasteiger partial charge in [-0.15, -0.1) is 0 Å². The first kappa shape index (κ1) is 25.3. The minimum Gasteiger partial charge on any atom is -0.387 e. The molecule has 196 valence electrons. The van der Waals surface area contributed by atoms with Crippen LogP contribution in [0.2, 0.25) is 0 Å². The van der Waals surface area contributed by atoms with Crippen LogP contribution in [0.1, 0.15) is 47.0 Å². The largest absolute Gasteiger partial charge is 0.387 e. The summed E-state index contributed by atoms with van der Waals surface area (Å²) in [5.74, 6) is 0.824. The van der Waals surface area contributed by atoms with Crippen LogP contribution < -0.4 is 0 Å². The molecule has 11 atom stereocenters. The molecule has 2 aliphatic carbocycles. The zero-order chi connectivity index (χ0) is 24.5. The Hall–Kier alpha value is -0.400. The second-order valence-electron chi connectivity index (χ2n) is 11.9. The van der Waals surface area contributed by atoms with Crippen molar-refractivity contribution >= 4 is 0 Å². The standard InChI is InChI=1S/C24H40O10/c1-22(2)13-6-5-12(7-13)14(22)8-29-20-18(27)17(26)16(25)15(33-20)9-30-21-19(28)24(10-31-21)11-32-23(3,4)34-24/h12-21,25-28H,5-11H2,1-4H3/t12-,13-,14-,15+,16-,17-,18+,19-,20+,21-,24+/m1/s1. The van der Waals surface area contributed by atoms with E-state index < -0.39 is 54.5 Å². The van der Waals surface area contributed by atoms with Crippen molar-refractivity contribution in [2.45, 2.75) is 101 Å². The van der Waals surface area contributed by atoms with Crippen LogP contribution in [0.3, 0.4) is 0 Å². The van der Waals surface area contributed by atoms with Crippen LogP contribution in [0.5, 0.6) is 0 Å². The Morgan fingerprint density at radius 2 is 1.59 bits per heavy atom. The van der Waals surface area contributed by atoms with Crippen molar-refractivity contribution in [1.82, 2.24) is 0 Å². The van der Waals surface area contributed by atoms with Gasteiger partial charge in [-0.05, 0) is 56.3 Å². The van der Waals surface area contributed by atoms with Crippen molar-refractivity contribution in [2.75, 3.05) is 26.4 Å². The molecule has 2 saturated carbocycles. The van der Waals surface area contributed by atoms with Gasteiger partial charge in [0.25, 0.3) is 0 Å². The molecule has 34 heavy (non-hydrogen) atoms. The van der Waals surface area contributed by atoms with E-state index >= 15 is 0 Å². The van der Waals surface area contributed by atoms with Gasteiger partial charge in [0, 0.05) is 0 Å². The molecule has 4 N–H and O–H groups in total. The van der Waals surface area contributed by atoms with Crippen molar-refractivity contribution in [3.8, 4) is 0 Å². The first-order valence-corrected chi connectivity index (χ1v) is 12.5. The fourth-order valence-electron chi connectivity index (χ4n) is 6.75. The van der Waals surface area contributed by atoms with Crippen LogP contribution in [0.15, 0.2) is 0 Å². The van der Waals surface area contributed by atoms with Crippen LogP contribution in [0.25, 0.3) is 0 Å². The van der Waals surface area contributed by atoms with Crippen LogP contribution in [-0.4, -0.2) is 101 Å². The number of aliphatic hydroxyl groups is 4. The smallest absolute Gasteiger partial charge is 0.186 e. The van der Waals surface area contributed by atoms with E-state index in [1.54, 1.807) is 13.8 Å². The van der Waals surface area contributed by atoms with E-state index in [1.165, 1.54) is 19.3 Å². The number of hydrogen-bond donors (Lipinski definition) is 4. The Balaban J connectivity index is 1.17. The molecule has 10 nitrogen and oxygen atoms in total. The highest BCUT2D eigenvalue weighted by Gasteiger charge is 2.58. The molecule has 3 aliphatic heterocycles. The highest BCUT2D eigenvalue weighted by Crippen LogP contribution is 2.59. The molecule has 1 spiro atoms. The SMILES string of the molecule is CC1(C)OC[C@]2(CO[C@@H](OC[C@@H]3O[C@H](OC[C@@H]4[C@@H]5CC[C@H](C5)C4(C)C)[C@@H](O)[C@H](O)[C@@H]3O)[C@H]2O)O1. The maximum atomic E-state index is 10.7. The highest BCUT2D eigenvalue weighted by atomic mass is 16.8. The number of ether oxygens (including phenoxy) is 6. The van der Waals surface area contributed by atoms with Crippen molar-refractivity contribution < 1.29 is 48.8 Å². The topological polar surface area (TPSA) is 136 Å². The van der Waals surface area contributed by atoms with Crippen LogP contribution in [0, 0.1) is 23.2 Å². The Morgan fingerprint density at radius 1 is 0.853 bits per heavy atom. The molecule has 0 aromatic carbocycles. The van der Waals surface area contributed by atoms with E-state index in [0.717, 1.165) is 0 Å². The minimum absolute atomic E-state index is 0.1000. The van der Waals surface area contributed by atoms with Gasteiger partial charge in [-0.1, -0.05) is 13.8 Å². The molecular weight excluding hydrogens is 448 g/mol. The highest BCUT2D eigenvalue weighted by molar-refractivity contribution is 5.02. The van der Waals surface area contributed by atoms with Crippen molar-refractivity contribution in [3.05, 3.63) is 0 Å². The third kappa shape index (κ3) is 4.23. The second kappa shape index (κ2) is 8.86.